The van der Waals surface area contributed by atoms with E-state index in [1.165, 1.54) is 16.9 Å². The molecule has 0 spiro atoms. The van der Waals surface area contributed by atoms with Crippen LogP contribution >= 0.6 is 11.3 Å². The van der Waals surface area contributed by atoms with Gasteiger partial charge in [0.1, 0.15) is 10.8 Å². The molecule has 8 heteroatoms. The Morgan fingerprint density at radius 3 is 2.77 bits per heavy atom. The summed E-state index contributed by atoms with van der Waals surface area (Å²) < 4.78 is 5.53. The summed E-state index contributed by atoms with van der Waals surface area (Å²) in [6.07, 6.45) is 0.378. The van der Waals surface area contributed by atoms with Gasteiger partial charge in [0.2, 0.25) is 11.0 Å². The molecule has 2 heterocycles. The SMILES string of the molecule is CCOc1ccccc1C(=O)Nc1nnc(C2CC(=O)N(c3ccc(C)c(C)c3)C2)s1. The zero-order valence-electron chi connectivity index (χ0n) is 17.7. The van der Waals surface area contributed by atoms with Crippen molar-refractivity contribution in [2.45, 2.75) is 33.1 Å². The van der Waals surface area contributed by atoms with Crippen molar-refractivity contribution >= 4 is 34.0 Å². The van der Waals surface area contributed by atoms with E-state index in [1.54, 1.807) is 23.1 Å². The lowest BCUT2D eigenvalue weighted by Gasteiger charge is -2.17. The van der Waals surface area contributed by atoms with Gasteiger partial charge in [-0.25, -0.2) is 0 Å². The van der Waals surface area contributed by atoms with Crippen LogP contribution in [0.3, 0.4) is 0 Å². The van der Waals surface area contributed by atoms with Crippen molar-refractivity contribution in [2.24, 2.45) is 0 Å². The molecule has 3 aromatic rings. The molecule has 0 bridgehead atoms. The second-order valence-electron chi connectivity index (χ2n) is 7.50. The van der Waals surface area contributed by atoms with E-state index < -0.39 is 0 Å². The quantitative estimate of drug-likeness (QED) is 0.622. The maximum Gasteiger partial charge on any atom is 0.261 e. The van der Waals surface area contributed by atoms with Crippen LogP contribution in [0.5, 0.6) is 5.75 Å². The third kappa shape index (κ3) is 4.44. The normalized spacial score (nSPS) is 15.9. The van der Waals surface area contributed by atoms with Crippen molar-refractivity contribution in [3.05, 3.63) is 64.2 Å². The third-order valence-corrected chi connectivity index (χ3v) is 6.37. The lowest BCUT2D eigenvalue weighted by molar-refractivity contribution is -0.117. The van der Waals surface area contributed by atoms with Crippen LogP contribution in [0, 0.1) is 13.8 Å². The van der Waals surface area contributed by atoms with Crippen molar-refractivity contribution in [1.82, 2.24) is 10.2 Å². The van der Waals surface area contributed by atoms with E-state index in [-0.39, 0.29) is 17.7 Å². The summed E-state index contributed by atoms with van der Waals surface area (Å²) in [7, 11) is 0. The molecule has 1 N–H and O–H groups in total. The van der Waals surface area contributed by atoms with Crippen molar-refractivity contribution in [1.29, 1.82) is 0 Å². The number of hydrogen-bond acceptors (Lipinski definition) is 6. The Bertz CT molecular complexity index is 1130. The van der Waals surface area contributed by atoms with Gasteiger partial charge in [0.15, 0.2) is 0 Å². The summed E-state index contributed by atoms with van der Waals surface area (Å²) in [5, 5.41) is 12.3. The minimum absolute atomic E-state index is 0.0482. The highest BCUT2D eigenvalue weighted by Gasteiger charge is 2.34. The van der Waals surface area contributed by atoms with Gasteiger partial charge in [-0.05, 0) is 56.2 Å². The Balaban J connectivity index is 1.46. The molecule has 7 nitrogen and oxygen atoms in total. The average molecular weight is 437 g/mol. The highest BCUT2D eigenvalue weighted by Crippen LogP contribution is 2.35. The van der Waals surface area contributed by atoms with Gasteiger partial charge in [0.05, 0.1) is 12.2 Å². The Labute approximate surface area is 185 Å². The van der Waals surface area contributed by atoms with Gasteiger partial charge in [0, 0.05) is 24.6 Å². The average Bonchev–Trinajstić information content (AvgIpc) is 3.37. The van der Waals surface area contributed by atoms with Crippen molar-refractivity contribution in [2.75, 3.05) is 23.4 Å². The van der Waals surface area contributed by atoms with Gasteiger partial charge in [-0.15, -0.1) is 10.2 Å². The molecule has 31 heavy (non-hydrogen) atoms. The predicted molar refractivity (Wildman–Crippen MR) is 121 cm³/mol. The minimum Gasteiger partial charge on any atom is -0.493 e. The Morgan fingerprint density at radius 1 is 1.19 bits per heavy atom. The van der Waals surface area contributed by atoms with Crippen LogP contribution in [0.15, 0.2) is 42.5 Å². The van der Waals surface area contributed by atoms with Crippen LogP contribution in [-0.2, 0) is 4.79 Å². The number of carbonyl (C=O) groups is 2. The molecule has 2 amide bonds. The monoisotopic (exact) mass is 436 g/mol. The number of carbonyl (C=O) groups excluding carboxylic acids is 2. The Morgan fingerprint density at radius 2 is 2.00 bits per heavy atom. The molecule has 160 valence electrons. The number of para-hydroxylation sites is 1. The lowest BCUT2D eigenvalue weighted by atomic mass is 10.1. The van der Waals surface area contributed by atoms with Crippen molar-refractivity contribution < 1.29 is 14.3 Å². The first-order valence-electron chi connectivity index (χ1n) is 10.2. The van der Waals surface area contributed by atoms with Crippen molar-refractivity contribution in [3.63, 3.8) is 0 Å². The number of aromatic nitrogens is 2. The number of nitrogens with one attached hydrogen (secondary N) is 1. The molecule has 0 aliphatic carbocycles. The number of rotatable bonds is 6. The van der Waals surface area contributed by atoms with Crippen LogP contribution < -0.4 is 15.0 Å². The molecular weight excluding hydrogens is 412 g/mol. The number of amides is 2. The molecule has 1 unspecified atom stereocenters. The second kappa shape index (κ2) is 8.85. The van der Waals surface area contributed by atoms with Gasteiger partial charge in [-0.3, -0.25) is 14.9 Å². The summed E-state index contributed by atoms with van der Waals surface area (Å²) in [4.78, 5) is 27.1. The van der Waals surface area contributed by atoms with Gasteiger partial charge in [-0.1, -0.05) is 29.5 Å². The Kier molecular flexibility index (Phi) is 5.99. The zero-order chi connectivity index (χ0) is 22.0. The maximum atomic E-state index is 12.7. The topological polar surface area (TPSA) is 84.4 Å². The fourth-order valence-electron chi connectivity index (χ4n) is 3.57. The maximum absolute atomic E-state index is 12.7. The number of benzene rings is 2. The molecule has 1 aromatic heterocycles. The number of ether oxygens (including phenoxy) is 1. The highest BCUT2D eigenvalue weighted by molar-refractivity contribution is 7.15. The van der Waals surface area contributed by atoms with Crippen LogP contribution in [0.25, 0.3) is 0 Å². The summed E-state index contributed by atoms with van der Waals surface area (Å²) in [5.74, 6) is 0.247. The highest BCUT2D eigenvalue weighted by atomic mass is 32.1. The first kappa shape index (κ1) is 21.0. The number of aryl methyl sites for hydroxylation is 2. The van der Waals surface area contributed by atoms with Gasteiger partial charge in [0.25, 0.3) is 5.91 Å². The summed E-state index contributed by atoms with van der Waals surface area (Å²) in [5.41, 5.74) is 3.70. The van der Waals surface area contributed by atoms with Crippen LogP contribution in [0.1, 0.15) is 45.8 Å². The van der Waals surface area contributed by atoms with Crippen LogP contribution in [0.2, 0.25) is 0 Å². The Hall–Kier alpha value is -3.26. The molecule has 2 aromatic carbocycles. The van der Waals surface area contributed by atoms with Gasteiger partial charge < -0.3 is 9.64 Å². The summed E-state index contributed by atoms with van der Waals surface area (Å²) in [6, 6.07) is 13.1. The number of nitrogens with zero attached hydrogens (tertiary/aromatic N) is 3. The van der Waals surface area contributed by atoms with E-state index in [0.29, 0.717) is 36.0 Å². The molecule has 0 radical (unpaired) electrons. The number of hydrogen-bond donors (Lipinski definition) is 1. The van der Waals surface area contributed by atoms with Crippen LogP contribution in [0.4, 0.5) is 10.8 Å². The molecule has 0 saturated carbocycles. The molecule has 1 fully saturated rings. The third-order valence-electron chi connectivity index (χ3n) is 5.37. The van der Waals surface area contributed by atoms with E-state index in [4.69, 9.17) is 4.74 Å². The predicted octanol–water partition coefficient (Wildman–Crippen LogP) is 4.33. The summed E-state index contributed by atoms with van der Waals surface area (Å²) in [6.45, 7) is 6.99. The van der Waals surface area contributed by atoms with E-state index in [0.717, 1.165) is 16.3 Å². The molecule has 1 atom stereocenters. The summed E-state index contributed by atoms with van der Waals surface area (Å²) >= 11 is 1.30. The zero-order valence-corrected chi connectivity index (χ0v) is 18.5. The molecule has 1 aliphatic heterocycles. The largest absolute Gasteiger partial charge is 0.493 e. The van der Waals surface area contributed by atoms with E-state index >= 15 is 0 Å². The van der Waals surface area contributed by atoms with Crippen LogP contribution in [-0.4, -0.2) is 35.2 Å². The lowest BCUT2D eigenvalue weighted by Crippen LogP contribution is -2.24. The first-order chi connectivity index (χ1) is 15.0. The fourth-order valence-corrected chi connectivity index (χ4v) is 4.40. The molecular formula is C23H24N4O3S. The number of anilines is 2. The van der Waals surface area contributed by atoms with E-state index in [2.05, 4.69) is 22.4 Å². The molecule has 1 saturated heterocycles. The van der Waals surface area contributed by atoms with E-state index in [1.807, 2.05) is 38.1 Å². The minimum atomic E-state index is -0.300. The first-order valence-corrected chi connectivity index (χ1v) is 11.0. The van der Waals surface area contributed by atoms with E-state index in [9.17, 15) is 9.59 Å². The van der Waals surface area contributed by atoms with Gasteiger partial charge >= 0.3 is 0 Å². The molecule has 4 rings (SSSR count). The molecule has 1 aliphatic rings. The van der Waals surface area contributed by atoms with Gasteiger partial charge in [-0.2, -0.15) is 0 Å². The fraction of sp³-hybridized carbons (Fsp3) is 0.304. The second-order valence-corrected chi connectivity index (χ2v) is 8.51. The standard InChI is InChI=1S/C23H24N4O3S/c1-4-30-19-8-6-5-7-18(19)21(29)24-23-26-25-22(31-23)16-12-20(28)27(13-16)17-10-9-14(2)15(3)11-17/h5-11,16H,4,12-13H2,1-3H3,(H,24,26,29). The smallest absolute Gasteiger partial charge is 0.261 e. The van der Waals surface area contributed by atoms with Crippen molar-refractivity contribution in [3.8, 4) is 5.75 Å².